The van der Waals surface area contributed by atoms with Gasteiger partial charge in [-0.3, -0.25) is 9.69 Å². The van der Waals surface area contributed by atoms with Crippen LogP contribution in [0.2, 0.25) is 0 Å². The largest absolute Gasteiger partial charge is 0.496 e. The third kappa shape index (κ3) is 6.45. The molecule has 0 unspecified atom stereocenters. The van der Waals surface area contributed by atoms with Gasteiger partial charge in [-0.1, -0.05) is 37.3 Å². The maximum atomic E-state index is 11.9. The second kappa shape index (κ2) is 9.19. The van der Waals surface area contributed by atoms with Crippen molar-refractivity contribution in [2.24, 2.45) is 0 Å². The normalized spacial score (nSPS) is 10.5. The van der Waals surface area contributed by atoms with E-state index < -0.39 is 0 Å². The molecule has 1 aromatic carbocycles. The van der Waals surface area contributed by atoms with E-state index in [1.54, 1.807) is 7.11 Å². The number of methoxy groups -OCH3 is 1. The van der Waals surface area contributed by atoms with Crippen LogP contribution in [0.15, 0.2) is 36.4 Å². The first kappa shape index (κ1) is 17.2. The van der Waals surface area contributed by atoms with Gasteiger partial charge in [0.25, 0.3) is 0 Å². The average molecular weight is 290 g/mol. The first-order valence-corrected chi connectivity index (χ1v) is 7.32. The summed E-state index contributed by atoms with van der Waals surface area (Å²) in [5.41, 5.74) is 2.17. The van der Waals surface area contributed by atoms with Crippen LogP contribution in [0, 0.1) is 0 Å². The standard InChI is InChI=1S/C17H26N2O2/c1-5-19(12-14(2)3)13-17(20)18-11-10-15-8-6-7-9-16(15)21-4/h6-9H,2,5,10-13H2,1,3-4H3,(H,18,20). The predicted octanol–water partition coefficient (Wildman–Crippen LogP) is 2.25. The highest BCUT2D eigenvalue weighted by Crippen LogP contribution is 2.17. The highest BCUT2D eigenvalue weighted by molar-refractivity contribution is 5.78. The lowest BCUT2D eigenvalue weighted by Crippen LogP contribution is -2.38. The fourth-order valence-corrected chi connectivity index (χ4v) is 2.17. The molecule has 0 aromatic heterocycles. The van der Waals surface area contributed by atoms with Gasteiger partial charge in [0.15, 0.2) is 0 Å². The van der Waals surface area contributed by atoms with E-state index in [1.165, 1.54) is 0 Å². The molecule has 0 aliphatic carbocycles. The van der Waals surface area contributed by atoms with E-state index in [0.717, 1.165) is 36.4 Å². The van der Waals surface area contributed by atoms with Gasteiger partial charge in [-0.15, -0.1) is 0 Å². The lowest BCUT2D eigenvalue weighted by molar-refractivity contribution is -0.122. The van der Waals surface area contributed by atoms with Gasteiger partial charge in [0.2, 0.25) is 5.91 Å². The summed E-state index contributed by atoms with van der Waals surface area (Å²) in [5.74, 6) is 0.914. The molecule has 0 bridgehead atoms. The number of carbonyl (C=O) groups is 1. The van der Waals surface area contributed by atoms with Crippen LogP contribution in [0.25, 0.3) is 0 Å². The van der Waals surface area contributed by atoms with E-state index in [2.05, 4.69) is 16.8 Å². The molecule has 0 saturated heterocycles. The third-order valence-corrected chi connectivity index (χ3v) is 3.22. The Bertz CT molecular complexity index is 472. The highest BCUT2D eigenvalue weighted by Gasteiger charge is 2.09. The number of carbonyl (C=O) groups excluding carboxylic acids is 1. The van der Waals surface area contributed by atoms with Crippen molar-refractivity contribution in [2.75, 3.05) is 33.3 Å². The van der Waals surface area contributed by atoms with Crippen LogP contribution in [-0.2, 0) is 11.2 Å². The number of ether oxygens (including phenoxy) is 1. The van der Waals surface area contributed by atoms with Crippen LogP contribution < -0.4 is 10.1 Å². The quantitative estimate of drug-likeness (QED) is 0.709. The number of nitrogens with zero attached hydrogens (tertiary/aromatic N) is 1. The predicted molar refractivity (Wildman–Crippen MR) is 86.6 cm³/mol. The molecule has 0 atom stereocenters. The van der Waals surface area contributed by atoms with E-state index >= 15 is 0 Å². The summed E-state index contributed by atoms with van der Waals surface area (Å²) >= 11 is 0. The number of likely N-dealkylation sites (N-methyl/N-ethyl adjacent to an activating group) is 1. The molecule has 1 aromatic rings. The van der Waals surface area contributed by atoms with Gasteiger partial charge in [0.05, 0.1) is 13.7 Å². The molecule has 0 fully saturated rings. The van der Waals surface area contributed by atoms with Gasteiger partial charge in [-0.2, -0.15) is 0 Å². The second-order valence-corrected chi connectivity index (χ2v) is 5.17. The Hall–Kier alpha value is -1.81. The first-order valence-electron chi connectivity index (χ1n) is 7.32. The highest BCUT2D eigenvalue weighted by atomic mass is 16.5. The summed E-state index contributed by atoms with van der Waals surface area (Å²) in [6.45, 7) is 10.5. The topological polar surface area (TPSA) is 41.6 Å². The maximum Gasteiger partial charge on any atom is 0.234 e. The average Bonchev–Trinajstić information content (AvgIpc) is 2.46. The van der Waals surface area contributed by atoms with Crippen molar-refractivity contribution in [2.45, 2.75) is 20.3 Å². The van der Waals surface area contributed by atoms with Crippen LogP contribution in [0.1, 0.15) is 19.4 Å². The van der Waals surface area contributed by atoms with E-state index in [1.807, 2.05) is 38.1 Å². The Morgan fingerprint density at radius 3 is 2.67 bits per heavy atom. The number of nitrogens with one attached hydrogen (secondary N) is 1. The van der Waals surface area contributed by atoms with Gasteiger partial charge in [0.1, 0.15) is 5.75 Å². The van der Waals surface area contributed by atoms with Gasteiger partial charge in [-0.25, -0.2) is 0 Å². The molecular formula is C17H26N2O2. The molecule has 0 spiro atoms. The molecule has 0 saturated carbocycles. The fraction of sp³-hybridized carbons (Fsp3) is 0.471. The van der Waals surface area contributed by atoms with Crippen molar-refractivity contribution in [1.29, 1.82) is 0 Å². The summed E-state index contributed by atoms with van der Waals surface area (Å²) in [5, 5.41) is 2.95. The smallest absolute Gasteiger partial charge is 0.234 e. The van der Waals surface area contributed by atoms with Gasteiger partial charge in [0, 0.05) is 13.1 Å². The van der Waals surface area contributed by atoms with Crippen LogP contribution in [0.3, 0.4) is 0 Å². The van der Waals surface area contributed by atoms with Crippen LogP contribution in [0.4, 0.5) is 0 Å². The molecule has 1 amide bonds. The van der Waals surface area contributed by atoms with E-state index in [9.17, 15) is 4.79 Å². The van der Waals surface area contributed by atoms with E-state index in [4.69, 9.17) is 4.74 Å². The molecule has 1 rings (SSSR count). The van der Waals surface area contributed by atoms with Gasteiger partial charge >= 0.3 is 0 Å². The summed E-state index contributed by atoms with van der Waals surface area (Å²) in [6, 6.07) is 7.87. The summed E-state index contributed by atoms with van der Waals surface area (Å²) < 4.78 is 5.30. The summed E-state index contributed by atoms with van der Waals surface area (Å²) in [7, 11) is 1.66. The molecule has 4 nitrogen and oxygen atoms in total. The lowest BCUT2D eigenvalue weighted by atomic mass is 10.1. The minimum Gasteiger partial charge on any atom is -0.496 e. The minimum atomic E-state index is 0.0491. The molecule has 0 aliphatic heterocycles. The zero-order valence-corrected chi connectivity index (χ0v) is 13.3. The number of hydrogen-bond acceptors (Lipinski definition) is 3. The van der Waals surface area contributed by atoms with E-state index in [0.29, 0.717) is 13.1 Å². The van der Waals surface area contributed by atoms with Crippen LogP contribution in [-0.4, -0.2) is 44.1 Å². The van der Waals surface area contributed by atoms with Crippen molar-refractivity contribution in [3.63, 3.8) is 0 Å². The van der Waals surface area contributed by atoms with Gasteiger partial charge in [-0.05, 0) is 31.5 Å². The monoisotopic (exact) mass is 290 g/mol. The number of amides is 1. The molecule has 4 heteroatoms. The Balaban J connectivity index is 2.37. The first-order chi connectivity index (χ1) is 10.1. The van der Waals surface area contributed by atoms with Crippen molar-refractivity contribution < 1.29 is 9.53 Å². The molecular weight excluding hydrogens is 264 g/mol. The van der Waals surface area contributed by atoms with Crippen molar-refractivity contribution in [3.05, 3.63) is 42.0 Å². The second-order valence-electron chi connectivity index (χ2n) is 5.17. The third-order valence-electron chi connectivity index (χ3n) is 3.22. The minimum absolute atomic E-state index is 0.0491. The molecule has 0 aliphatic rings. The van der Waals surface area contributed by atoms with Crippen molar-refractivity contribution in [1.82, 2.24) is 10.2 Å². The zero-order chi connectivity index (χ0) is 15.7. The fourth-order valence-electron chi connectivity index (χ4n) is 2.17. The number of rotatable bonds is 9. The zero-order valence-electron chi connectivity index (χ0n) is 13.3. The summed E-state index contributed by atoms with van der Waals surface area (Å²) in [4.78, 5) is 14.0. The maximum absolute atomic E-state index is 11.9. The number of benzene rings is 1. The number of para-hydroxylation sites is 1. The van der Waals surface area contributed by atoms with Crippen LogP contribution in [0.5, 0.6) is 5.75 Å². The van der Waals surface area contributed by atoms with Crippen molar-refractivity contribution in [3.8, 4) is 5.75 Å². The van der Waals surface area contributed by atoms with Crippen LogP contribution >= 0.6 is 0 Å². The SMILES string of the molecule is C=C(C)CN(CC)CC(=O)NCCc1ccccc1OC. The Labute approximate surface area is 127 Å². The lowest BCUT2D eigenvalue weighted by Gasteiger charge is -2.19. The Kier molecular flexibility index (Phi) is 7.54. The van der Waals surface area contributed by atoms with Gasteiger partial charge < -0.3 is 10.1 Å². The molecule has 21 heavy (non-hydrogen) atoms. The molecule has 0 heterocycles. The van der Waals surface area contributed by atoms with E-state index in [-0.39, 0.29) is 5.91 Å². The molecule has 1 N–H and O–H groups in total. The molecule has 116 valence electrons. The Morgan fingerprint density at radius 1 is 1.33 bits per heavy atom. The summed E-state index contributed by atoms with van der Waals surface area (Å²) in [6.07, 6.45) is 0.766. The van der Waals surface area contributed by atoms with Crippen molar-refractivity contribution >= 4 is 5.91 Å². The Morgan fingerprint density at radius 2 is 2.05 bits per heavy atom. The number of hydrogen-bond donors (Lipinski definition) is 1. The molecule has 0 radical (unpaired) electrons.